The minimum absolute atomic E-state index is 0.0507. The molecule has 0 spiro atoms. The van der Waals surface area contributed by atoms with E-state index < -0.39 is 0 Å². The number of hydrogen-bond acceptors (Lipinski definition) is 3. The van der Waals surface area contributed by atoms with E-state index in [1.807, 2.05) is 0 Å². The van der Waals surface area contributed by atoms with Crippen LogP contribution in [0.1, 0.15) is 38.5 Å². The summed E-state index contributed by atoms with van der Waals surface area (Å²) in [4.78, 5) is 25.4. The molecular weight excluding hydrogens is 230 g/mol. The van der Waals surface area contributed by atoms with Crippen molar-refractivity contribution in [3.05, 3.63) is 0 Å². The molecular formula is C13H23N3O2. The van der Waals surface area contributed by atoms with E-state index in [4.69, 9.17) is 5.73 Å². The van der Waals surface area contributed by atoms with Gasteiger partial charge >= 0.3 is 0 Å². The van der Waals surface area contributed by atoms with E-state index in [2.05, 4.69) is 5.32 Å². The maximum Gasteiger partial charge on any atom is 0.225 e. The van der Waals surface area contributed by atoms with Crippen molar-refractivity contribution < 1.29 is 9.59 Å². The second kappa shape index (κ2) is 6.18. The van der Waals surface area contributed by atoms with Crippen molar-refractivity contribution in [3.63, 3.8) is 0 Å². The molecule has 0 aromatic rings. The van der Waals surface area contributed by atoms with Gasteiger partial charge in [0.2, 0.25) is 11.8 Å². The van der Waals surface area contributed by atoms with Crippen LogP contribution in [0.15, 0.2) is 0 Å². The summed E-state index contributed by atoms with van der Waals surface area (Å²) in [6.07, 6.45) is 6.19. The zero-order chi connectivity index (χ0) is 13.0. The van der Waals surface area contributed by atoms with Crippen LogP contribution in [-0.4, -0.2) is 42.4 Å². The van der Waals surface area contributed by atoms with Crippen LogP contribution in [0.2, 0.25) is 0 Å². The van der Waals surface area contributed by atoms with Gasteiger partial charge in [-0.1, -0.05) is 19.3 Å². The number of nitrogens with two attached hydrogens (primary N) is 1. The highest BCUT2D eigenvalue weighted by atomic mass is 16.2. The molecule has 1 unspecified atom stereocenters. The van der Waals surface area contributed by atoms with Crippen molar-refractivity contribution in [2.75, 3.05) is 19.6 Å². The number of nitrogens with zero attached hydrogens (tertiary/aromatic N) is 1. The number of nitrogens with one attached hydrogen (secondary N) is 1. The Labute approximate surface area is 108 Å². The molecule has 2 amide bonds. The average Bonchev–Trinajstić information content (AvgIpc) is 2.73. The van der Waals surface area contributed by atoms with Crippen molar-refractivity contribution in [1.29, 1.82) is 0 Å². The molecule has 1 heterocycles. The van der Waals surface area contributed by atoms with Crippen LogP contribution < -0.4 is 11.1 Å². The van der Waals surface area contributed by atoms with Crippen LogP contribution in [0.5, 0.6) is 0 Å². The van der Waals surface area contributed by atoms with Crippen LogP contribution in [0.3, 0.4) is 0 Å². The van der Waals surface area contributed by atoms with E-state index >= 15 is 0 Å². The topological polar surface area (TPSA) is 75.4 Å². The first-order valence-corrected chi connectivity index (χ1v) is 6.99. The Hall–Kier alpha value is -1.10. The summed E-state index contributed by atoms with van der Waals surface area (Å²) in [5.41, 5.74) is 5.45. The first-order chi connectivity index (χ1) is 8.70. The van der Waals surface area contributed by atoms with Crippen molar-refractivity contribution in [2.45, 2.75) is 44.6 Å². The van der Waals surface area contributed by atoms with Crippen LogP contribution in [-0.2, 0) is 9.59 Å². The molecule has 18 heavy (non-hydrogen) atoms. The highest BCUT2D eigenvalue weighted by molar-refractivity contribution is 5.89. The van der Waals surface area contributed by atoms with Gasteiger partial charge in [0.25, 0.3) is 0 Å². The van der Waals surface area contributed by atoms with Crippen LogP contribution in [0.25, 0.3) is 0 Å². The molecule has 1 aliphatic carbocycles. The highest BCUT2D eigenvalue weighted by Crippen LogP contribution is 2.21. The lowest BCUT2D eigenvalue weighted by molar-refractivity contribution is -0.129. The molecule has 2 fully saturated rings. The third-order valence-electron chi connectivity index (χ3n) is 3.94. The van der Waals surface area contributed by atoms with E-state index in [0.717, 1.165) is 12.8 Å². The Balaban J connectivity index is 1.80. The average molecular weight is 253 g/mol. The lowest BCUT2D eigenvalue weighted by Crippen LogP contribution is -2.41. The molecule has 1 atom stereocenters. The molecule has 5 nitrogen and oxygen atoms in total. The van der Waals surface area contributed by atoms with E-state index in [1.165, 1.54) is 19.3 Å². The fourth-order valence-electron chi connectivity index (χ4n) is 2.89. The Bertz CT molecular complexity index is 313. The molecule has 0 aromatic carbocycles. The van der Waals surface area contributed by atoms with Gasteiger partial charge in [0, 0.05) is 32.1 Å². The van der Waals surface area contributed by atoms with E-state index in [9.17, 15) is 9.59 Å². The number of amides is 2. The monoisotopic (exact) mass is 253 g/mol. The van der Waals surface area contributed by atoms with E-state index in [1.54, 1.807) is 4.90 Å². The third kappa shape index (κ3) is 3.22. The van der Waals surface area contributed by atoms with Gasteiger partial charge in [0.15, 0.2) is 0 Å². The number of carbonyl (C=O) groups is 2. The van der Waals surface area contributed by atoms with Crippen LogP contribution >= 0.6 is 0 Å². The number of carbonyl (C=O) groups excluding carboxylic acids is 2. The summed E-state index contributed by atoms with van der Waals surface area (Å²) >= 11 is 0. The Morgan fingerprint density at radius 2 is 2.06 bits per heavy atom. The van der Waals surface area contributed by atoms with Crippen molar-refractivity contribution >= 4 is 11.8 Å². The molecule has 0 radical (unpaired) electrons. The SMILES string of the molecule is NCCN1CC(C(=O)NC2CCCCC2)CC1=O. The molecule has 5 heteroatoms. The van der Waals surface area contributed by atoms with E-state index in [0.29, 0.717) is 32.1 Å². The molecule has 1 saturated carbocycles. The molecule has 1 aliphatic heterocycles. The molecule has 1 saturated heterocycles. The summed E-state index contributed by atoms with van der Waals surface area (Å²) in [6.45, 7) is 1.56. The fourth-order valence-corrected chi connectivity index (χ4v) is 2.89. The first-order valence-electron chi connectivity index (χ1n) is 6.99. The maximum atomic E-state index is 12.1. The minimum atomic E-state index is -0.175. The van der Waals surface area contributed by atoms with Gasteiger partial charge in [-0.3, -0.25) is 9.59 Å². The minimum Gasteiger partial charge on any atom is -0.353 e. The number of hydrogen-bond donors (Lipinski definition) is 2. The molecule has 2 rings (SSSR count). The summed E-state index contributed by atoms with van der Waals surface area (Å²) in [5, 5.41) is 3.09. The summed E-state index contributed by atoms with van der Waals surface area (Å²) in [7, 11) is 0. The zero-order valence-electron chi connectivity index (χ0n) is 10.9. The van der Waals surface area contributed by atoms with Gasteiger partial charge in [-0.25, -0.2) is 0 Å². The molecule has 0 aromatic heterocycles. The molecule has 102 valence electrons. The van der Waals surface area contributed by atoms with Gasteiger partial charge in [0.05, 0.1) is 5.92 Å². The van der Waals surface area contributed by atoms with Crippen molar-refractivity contribution in [2.24, 2.45) is 11.7 Å². The van der Waals surface area contributed by atoms with E-state index in [-0.39, 0.29) is 17.7 Å². The smallest absolute Gasteiger partial charge is 0.225 e. The van der Waals surface area contributed by atoms with Crippen molar-refractivity contribution in [1.82, 2.24) is 10.2 Å². The Morgan fingerprint density at radius 3 is 2.72 bits per heavy atom. The van der Waals surface area contributed by atoms with Gasteiger partial charge in [-0.15, -0.1) is 0 Å². The normalized spacial score (nSPS) is 25.5. The quantitative estimate of drug-likeness (QED) is 0.753. The standard InChI is InChI=1S/C13H23N3O2/c14-6-7-16-9-10(8-12(16)17)13(18)15-11-4-2-1-3-5-11/h10-11H,1-9,14H2,(H,15,18). The van der Waals surface area contributed by atoms with Crippen LogP contribution in [0.4, 0.5) is 0 Å². The lowest BCUT2D eigenvalue weighted by atomic mass is 9.95. The summed E-state index contributed by atoms with van der Waals surface area (Å²) in [6, 6.07) is 0.324. The molecule has 0 bridgehead atoms. The highest BCUT2D eigenvalue weighted by Gasteiger charge is 2.34. The zero-order valence-corrected chi connectivity index (χ0v) is 10.9. The number of likely N-dealkylation sites (tertiary alicyclic amines) is 1. The van der Waals surface area contributed by atoms with Crippen LogP contribution in [0, 0.1) is 5.92 Å². The van der Waals surface area contributed by atoms with Gasteiger partial charge in [0.1, 0.15) is 0 Å². The second-order valence-corrected chi connectivity index (χ2v) is 5.37. The Kier molecular flexibility index (Phi) is 4.58. The second-order valence-electron chi connectivity index (χ2n) is 5.37. The lowest BCUT2D eigenvalue weighted by Gasteiger charge is -2.24. The predicted molar refractivity (Wildman–Crippen MR) is 68.8 cm³/mol. The largest absolute Gasteiger partial charge is 0.353 e. The number of rotatable bonds is 4. The predicted octanol–water partition coefficient (Wildman–Crippen LogP) is 0.242. The van der Waals surface area contributed by atoms with Crippen molar-refractivity contribution in [3.8, 4) is 0 Å². The summed E-state index contributed by atoms with van der Waals surface area (Å²) < 4.78 is 0. The van der Waals surface area contributed by atoms with Gasteiger partial charge < -0.3 is 16.0 Å². The maximum absolute atomic E-state index is 12.1. The first kappa shape index (κ1) is 13.3. The Morgan fingerprint density at radius 1 is 1.33 bits per heavy atom. The van der Waals surface area contributed by atoms with Gasteiger partial charge in [-0.2, -0.15) is 0 Å². The summed E-state index contributed by atoms with van der Waals surface area (Å²) in [5.74, 6) is -0.0648. The molecule has 2 aliphatic rings. The third-order valence-corrected chi connectivity index (χ3v) is 3.94. The van der Waals surface area contributed by atoms with Gasteiger partial charge in [-0.05, 0) is 12.8 Å². The molecule has 3 N–H and O–H groups in total. The fraction of sp³-hybridized carbons (Fsp3) is 0.846.